The number of hydrogen-bond acceptors (Lipinski definition) is 4. The van der Waals surface area contributed by atoms with Gasteiger partial charge in [-0.3, -0.25) is 4.79 Å². The van der Waals surface area contributed by atoms with Crippen LogP contribution in [0.25, 0.3) is 0 Å². The van der Waals surface area contributed by atoms with Crippen LogP contribution in [0.3, 0.4) is 0 Å². The summed E-state index contributed by atoms with van der Waals surface area (Å²) >= 11 is 1.80. The van der Waals surface area contributed by atoms with Crippen molar-refractivity contribution in [3.05, 3.63) is 0 Å². The number of nitrogens with zero attached hydrogens (tertiary/aromatic N) is 1. The summed E-state index contributed by atoms with van der Waals surface area (Å²) in [4.78, 5) is 14.2. The van der Waals surface area contributed by atoms with E-state index in [-0.39, 0.29) is 16.8 Å². The molecular formula is C12H22N2O2S. The van der Waals surface area contributed by atoms with E-state index in [0.29, 0.717) is 6.54 Å². The Morgan fingerprint density at radius 2 is 2.47 bits per heavy atom. The van der Waals surface area contributed by atoms with E-state index < -0.39 is 0 Å². The first-order valence-electron chi connectivity index (χ1n) is 6.34. The number of nitrogens with one attached hydrogen (secondary N) is 1. The maximum atomic E-state index is 12.4. The van der Waals surface area contributed by atoms with Crippen molar-refractivity contribution in [2.45, 2.75) is 30.6 Å². The SMILES string of the molecule is CN(CC1CNCCO1)C(=O)C1(C)CCCS1. The van der Waals surface area contributed by atoms with Gasteiger partial charge in [-0.2, -0.15) is 0 Å². The van der Waals surface area contributed by atoms with Crippen LogP contribution in [0.5, 0.6) is 0 Å². The van der Waals surface area contributed by atoms with Crippen molar-refractivity contribution in [1.29, 1.82) is 0 Å². The molecule has 0 radical (unpaired) electrons. The third-order valence-corrected chi connectivity index (χ3v) is 5.01. The normalized spacial score (nSPS) is 33.6. The fourth-order valence-corrected chi connectivity index (χ4v) is 3.78. The minimum absolute atomic E-state index is 0.146. The highest BCUT2D eigenvalue weighted by atomic mass is 32.2. The number of amides is 1. The first kappa shape index (κ1) is 13.2. The van der Waals surface area contributed by atoms with Crippen LogP contribution in [0.15, 0.2) is 0 Å². The monoisotopic (exact) mass is 258 g/mol. The molecule has 2 atom stereocenters. The highest BCUT2D eigenvalue weighted by molar-refractivity contribution is 8.01. The minimum Gasteiger partial charge on any atom is -0.374 e. The Morgan fingerprint density at radius 1 is 1.65 bits per heavy atom. The Bertz CT molecular complexity index is 274. The molecule has 2 aliphatic heterocycles. The standard InChI is InChI=1S/C12H22N2O2S/c1-12(4-3-7-17-12)11(15)14(2)9-10-8-13-5-6-16-10/h10,13H,3-9H2,1-2H3. The molecule has 2 aliphatic rings. The molecule has 0 aromatic rings. The molecule has 98 valence electrons. The van der Waals surface area contributed by atoms with Crippen LogP contribution in [0.2, 0.25) is 0 Å². The Balaban J connectivity index is 1.85. The molecule has 2 rings (SSSR count). The summed E-state index contributed by atoms with van der Waals surface area (Å²) in [6.45, 7) is 5.29. The zero-order valence-corrected chi connectivity index (χ0v) is 11.5. The topological polar surface area (TPSA) is 41.6 Å². The van der Waals surface area contributed by atoms with E-state index in [1.165, 1.54) is 0 Å². The van der Waals surface area contributed by atoms with Crippen molar-refractivity contribution >= 4 is 17.7 Å². The van der Waals surface area contributed by atoms with Gasteiger partial charge < -0.3 is 15.0 Å². The smallest absolute Gasteiger partial charge is 0.238 e. The molecule has 2 saturated heterocycles. The van der Waals surface area contributed by atoms with Gasteiger partial charge in [-0.15, -0.1) is 11.8 Å². The molecule has 2 unspecified atom stereocenters. The molecule has 2 fully saturated rings. The van der Waals surface area contributed by atoms with Crippen LogP contribution in [0, 0.1) is 0 Å². The van der Waals surface area contributed by atoms with Crippen molar-refractivity contribution < 1.29 is 9.53 Å². The number of thioether (sulfide) groups is 1. The van der Waals surface area contributed by atoms with E-state index >= 15 is 0 Å². The van der Waals surface area contributed by atoms with Gasteiger partial charge in [-0.25, -0.2) is 0 Å². The minimum atomic E-state index is -0.198. The molecule has 2 heterocycles. The average Bonchev–Trinajstić information content (AvgIpc) is 2.78. The summed E-state index contributed by atoms with van der Waals surface area (Å²) < 4.78 is 5.43. The fraction of sp³-hybridized carbons (Fsp3) is 0.917. The molecule has 1 N–H and O–H groups in total. The van der Waals surface area contributed by atoms with Gasteiger partial charge in [-0.05, 0) is 25.5 Å². The van der Waals surface area contributed by atoms with Crippen molar-refractivity contribution in [1.82, 2.24) is 10.2 Å². The lowest BCUT2D eigenvalue weighted by Gasteiger charge is -2.32. The third-order valence-electron chi connectivity index (χ3n) is 3.50. The highest BCUT2D eigenvalue weighted by Gasteiger charge is 2.39. The summed E-state index contributed by atoms with van der Waals surface area (Å²) in [5.74, 6) is 1.37. The van der Waals surface area contributed by atoms with E-state index in [1.54, 1.807) is 11.8 Å². The maximum Gasteiger partial charge on any atom is 0.238 e. The summed E-state index contributed by atoms with van der Waals surface area (Å²) in [6.07, 6.45) is 2.31. The maximum absolute atomic E-state index is 12.4. The quantitative estimate of drug-likeness (QED) is 0.810. The molecule has 0 spiro atoms. The predicted molar refractivity (Wildman–Crippen MR) is 70.3 cm³/mol. The number of ether oxygens (including phenoxy) is 1. The van der Waals surface area contributed by atoms with Gasteiger partial charge in [-0.1, -0.05) is 0 Å². The van der Waals surface area contributed by atoms with Gasteiger partial charge in [0.1, 0.15) is 0 Å². The van der Waals surface area contributed by atoms with Gasteiger partial charge in [0.2, 0.25) is 5.91 Å². The van der Waals surface area contributed by atoms with Gasteiger partial charge in [0, 0.05) is 26.7 Å². The number of likely N-dealkylation sites (N-methyl/N-ethyl adjacent to an activating group) is 1. The van der Waals surface area contributed by atoms with E-state index in [2.05, 4.69) is 12.2 Å². The molecule has 17 heavy (non-hydrogen) atoms. The summed E-state index contributed by atoms with van der Waals surface area (Å²) in [5.41, 5.74) is 0. The second-order valence-electron chi connectivity index (χ2n) is 5.07. The average molecular weight is 258 g/mol. The fourth-order valence-electron chi connectivity index (χ4n) is 2.48. The lowest BCUT2D eigenvalue weighted by atomic mass is 10.0. The second kappa shape index (κ2) is 5.59. The van der Waals surface area contributed by atoms with Crippen molar-refractivity contribution in [2.75, 3.05) is 39.0 Å². The Hall–Kier alpha value is -0.260. The molecule has 0 aromatic heterocycles. The van der Waals surface area contributed by atoms with Crippen LogP contribution < -0.4 is 5.32 Å². The molecule has 0 saturated carbocycles. The molecule has 1 amide bonds. The van der Waals surface area contributed by atoms with Gasteiger partial charge in [0.05, 0.1) is 17.5 Å². The van der Waals surface area contributed by atoms with Crippen molar-refractivity contribution in [3.63, 3.8) is 0 Å². The van der Waals surface area contributed by atoms with Crippen LogP contribution in [-0.2, 0) is 9.53 Å². The predicted octanol–water partition coefficient (Wildman–Crippen LogP) is 0.719. The van der Waals surface area contributed by atoms with Crippen LogP contribution >= 0.6 is 11.8 Å². The molecule has 0 aliphatic carbocycles. The number of morpholine rings is 1. The highest BCUT2D eigenvalue weighted by Crippen LogP contribution is 2.38. The number of hydrogen-bond donors (Lipinski definition) is 1. The van der Waals surface area contributed by atoms with Gasteiger partial charge >= 0.3 is 0 Å². The van der Waals surface area contributed by atoms with E-state index in [0.717, 1.165) is 38.3 Å². The molecule has 5 heteroatoms. The molecule has 4 nitrogen and oxygen atoms in total. The lowest BCUT2D eigenvalue weighted by Crippen LogP contribution is -2.49. The second-order valence-corrected chi connectivity index (χ2v) is 6.66. The summed E-state index contributed by atoms with van der Waals surface area (Å²) in [7, 11) is 1.89. The Kier molecular flexibility index (Phi) is 4.33. The first-order valence-corrected chi connectivity index (χ1v) is 7.32. The number of carbonyl (C=O) groups excluding carboxylic acids is 1. The zero-order chi connectivity index (χ0) is 12.3. The summed E-state index contributed by atoms with van der Waals surface area (Å²) in [5, 5.41) is 3.29. The van der Waals surface area contributed by atoms with E-state index in [4.69, 9.17) is 4.74 Å². The largest absolute Gasteiger partial charge is 0.374 e. The number of rotatable bonds is 3. The van der Waals surface area contributed by atoms with Crippen LogP contribution in [-0.4, -0.2) is 60.7 Å². The third kappa shape index (κ3) is 3.14. The zero-order valence-electron chi connectivity index (χ0n) is 10.7. The Morgan fingerprint density at radius 3 is 3.06 bits per heavy atom. The van der Waals surface area contributed by atoms with Crippen molar-refractivity contribution in [3.8, 4) is 0 Å². The van der Waals surface area contributed by atoms with Crippen LogP contribution in [0.1, 0.15) is 19.8 Å². The molecule has 0 bridgehead atoms. The first-order chi connectivity index (χ1) is 8.12. The van der Waals surface area contributed by atoms with E-state index in [9.17, 15) is 4.79 Å². The molecule has 0 aromatic carbocycles. The van der Waals surface area contributed by atoms with Crippen LogP contribution in [0.4, 0.5) is 0 Å². The van der Waals surface area contributed by atoms with Crippen molar-refractivity contribution in [2.24, 2.45) is 0 Å². The number of carbonyl (C=O) groups is 1. The molecular weight excluding hydrogens is 236 g/mol. The Labute approximate surface area is 107 Å². The lowest BCUT2D eigenvalue weighted by molar-refractivity contribution is -0.134. The van der Waals surface area contributed by atoms with E-state index in [1.807, 2.05) is 11.9 Å². The van der Waals surface area contributed by atoms with Gasteiger partial charge in [0.25, 0.3) is 0 Å². The van der Waals surface area contributed by atoms with Gasteiger partial charge in [0.15, 0.2) is 0 Å². The summed E-state index contributed by atoms with van der Waals surface area (Å²) in [6, 6.07) is 0.